The zero-order valence-corrected chi connectivity index (χ0v) is 11.8. The highest BCUT2D eigenvalue weighted by atomic mass is 19.1. The topological polar surface area (TPSA) is 26.0 Å². The van der Waals surface area contributed by atoms with Gasteiger partial charge in [0.05, 0.1) is 0 Å². The summed E-state index contributed by atoms with van der Waals surface area (Å²) in [6, 6.07) is 13.3. The van der Waals surface area contributed by atoms with E-state index in [1.807, 2.05) is 6.92 Å². The normalized spacial score (nSPS) is 16.8. The van der Waals surface area contributed by atoms with Gasteiger partial charge in [0.15, 0.2) is 0 Å². The van der Waals surface area contributed by atoms with Crippen molar-refractivity contribution in [2.75, 3.05) is 0 Å². The molecule has 2 aromatic rings. The second kappa shape index (κ2) is 5.37. The molecule has 0 radical (unpaired) electrons. The van der Waals surface area contributed by atoms with Gasteiger partial charge in [0.2, 0.25) is 0 Å². The van der Waals surface area contributed by atoms with Crippen LogP contribution in [0.3, 0.4) is 0 Å². The molecule has 20 heavy (non-hydrogen) atoms. The van der Waals surface area contributed by atoms with Gasteiger partial charge < -0.3 is 5.73 Å². The number of nitrogens with two attached hydrogens (primary N) is 1. The molecular formula is C18H20FN. The molecule has 3 rings (SSSR count). The van der Waals surface area contributed by atoms with Gasteiger partial charge in [0, 0.05) is 6.04 Å². The average Bonchev–Trinajstić information content (AvgIpc) is 2.37. The fourth-order valence-electron chi connectivity index (χ4n) is 2.85. The molecule has 2 aromatic carbocycles. The number of hydrogen-bond acceptors (Lipinski definition) is 1. The second-order valence-electron chi connectivity index (χ2n) is 5.77. The van der Waals surface area contributed by atoms with Crippen LogP contribution in [0.15, 0.2) is 42.5 Å². The SMILES string of the molecule is CC(N)c1ccc(F)cc1-c1ccc(C2CCC2)cc1. The maximum absolute atomic E-state index is 13.5. The lowest BCUT2D eigenvalue weighted by molar-refractivity contribution is 0.420. The fourth-order valence-corrected chi connectivity index (χ4v) is 2.85. The zero-order valence-electron chi connectivity index (χ0n) is 11.8. The van der Waals surface area contributed by atoms with Crippen LogP contribution < -0.4 is 5.73 Å². The lowest BCUT2D eigenvalue weighted by atomic mass is 9.79. The fraction of sp³-hybridized carbons (Fsp3) is 0.333. The van der Waals surface area contributed by atoms with Crippen molar-refractivity contribution in [2.45, 2.75) is 38.1 Å². The number of halogens is 1. The maximum Gasteiger partial charge on any atom is 0.123 e. The molecule has 2 heteroatoms. The van der Waals surface area contributed by atoms with Gasteiger partial charge in [0.1, 0.15) is 5.82 Å². The molecule has 1 atom stereocenters. The first-order chi connectivity index (χ1) is 9.65. The Morgan fingerprint density at radius 2 is 1.80 bits per heavy atom. The third-order valence-electron chi connectivity index (χ3n) is 4.30. The van der Waals surface area contributed by atoms with E-state index in [1.54, 1.807) is 12.1 Å². The molecule has 0 bridgehead atoms. The molecule has 2 N–H and O–H groups in total. The predicted molar refractivity (Wildman–Crippen MR) is 81.0 cm³/mol. The first-order valence-corrected chi connectivity index (χ1v) is 7.30. The number of benzene rings is 2. The van der Waals surface area contributed by atoms with Crippen molar-refractivity contribution in [3.8, 4) is 11.1 Å². The van der Waals surface area contributed by atoms with E-state index in [1.165, 1.54) is 30.9 Å². The van der Waals surface area contributed by atoms with Gasteiger partial charge in [-0.25, -0.2) is 4.39 Å². The Morgan fingerprint density at radius 1 is 1.10 bits per heavy atom. The quantitative estimate of drug-likeness (QED) is 0.852. The molecule has 1 unspecified atom stereocenters. The molecule has 1 fully saturated rings. The third kappa shape index (κ3) is 2.48. The van der Waals surface area contributed by atoms with Crippen molar-refractivity contribution in [1.82, 2.24) is 0 Å². The molecule has 104 valence electrons. The smallest absolute Gasteiger partial charge is 0.123 e. The lowest BCUT2D eigenvalue weighted by Gasteiger charge is -2.26. The van der Waals surface area contributed by atoms with Crippen LogP contribution in [0.5, 0.6) is 0 Å². The molecule has 1 nitrogen and oxygen atoms in total. The van der Waals surface area contributed by atoms with Crippen molar-refractivity contribution < 1.29 is 4.39 Å². The van der Waals surface area contributed by atoms with Crippen LogP contribution in [0, 0.1) is 5.82 Å². The van der Waals surface area contributed by atoms with Crippen molar-refractivity contribution in [2.24, 2.45) is 5.73 Å². The minimum atomic E-state index is -0.215. The van der Waals surface area contributed by atoms with Gasteiger partial charge in [-0.05, 0) is 60.1 Å². The summed E-state index contributed by atoms with van der Waals surface area (Å²) in [5, 5.41) is 0. The van der Waals surface area contributed by atoms with Crippen molar-refractivity contribution in [3.05, 3.63) is 59.4 Å². The highest BCUT2D eigenvalue weighted by molar-refractivity contribution is 5.68. The largest absolute Gasteiger partial charge is 0.324 e. The van der Waals surface area contributed by atoms with E-state index in [4.69, 9.17) is 5.73 Å². The van der Waals surface area contributed by atoms with Crippen molar-refractivity contribution in [1.29, 1.82) is 0 Å². The van der Waals surface area contributed by atoms with Crippen LogP contribution in [0.2, 0.25) is 0 Å². The van der Waals surface area contributed by atoms with Gasteiger partial charge in [0.25, 0.3) is 0 Å². The molecular weight excluding hydrogens is 249 g/mol. The Bertz CT molecular complexity index is 597. The standard InChI is InChI=1S/C18H20FN/c1-12(20)17-10-9-16(19)11-18(17)15-7-5-14(6-8-15)13-3-2-4-13/h5-13H,2-4,20H2,1H3. The van der Waals surface area contributed by atoms with Crippen molar-refractivity contribution in [3.63, 3.8) is 0 Å². The molecule has 0 spiro atoms. The Morgan fingerprint density at radius 3 is 2.35 bits per heavy atom. The Balaban J connectivity index is 1.97. The molecule has 1 aliphatic rings. The van der Waals surface area contributed by atoms with E-state index < -0.39 is 0 Å². The number of hydrogen-bond donors (Lipinski definition) is 1. The number of rotatable bonds is 3. The Hall–Kier alpha value is -1.67. The minimum Gasteiger partial charge on any atom is -0.324 e. The molecule has 1 saturated carbocycles. The Kier molecular flexibility index (Phi) is 3.58. The van der Waals surface area contributed by atoms with E-state index in [0.717, 1.165) is 22.6 Å². The molecule has 0 aliphatic heterocycles. The maximum atomic E-state index is 13.5. The highest BCUT2D eigenvalue weighted by Crippen LogP contribution is 2.37. The van der Waals surface area contributed by atoms with E-state index >= 15 is 0 Å². The first-order valence-electron chi connectivity index (χ1n) is 7.30. The predicted octanol–water partition coefficient (Wildman–Crippen LogP) is 4.78. The molecule has 0 heterocycles. The summed E-state index contributed by atoms with van der Waals surface area (Å²) in [6.07, 6.45) is 3.93. The summed E-state index contributed by atoms with van der Waals surface area (Å²) >= 11 is 0. The minimum absolute atomic E-state index is 0.100. The van der Waals surface area contributed by atoms with Crippen LogP contribution in [-0.4, -0.2) is 0 Å². The second-order valence-corrected chi connectivity index (χ2v) is 5.77. The summed E-state index contributed by atoms with van der Waals surface area (Å²) < 4.78 is 13.5. The zero-order chi connectivity index (χ0) is 14.1. The van der Waals surface area contributed by atoms with Crippen LogP contribution in [0.1, 0.15) is 49.3 Å². The van der Waals surface area contributed by atoms with E-state index in [2.05, 4.69) is 24.3 Å². The summed E-state index contributed by atoms with van der Waals surface area (Å²) in [4.78, 5) is 0. The molecule has 0 amide bonds. The first kappa shape index (κ1) is 13.3. The van der Waals surface area contributed by atoms with Gasteiger partial charge in [-0.3, -0.25) is 0 Å². The molecule has 0 aromatic heterocycles. The van der Waals surface area contributed by atoms with E-state index in [-0.39, 0.29) is 11.9 Å². The van der Waals surface area contributed by atoms with Crippen LogP contribution in [0.4, 0.5) is 4.39 Å². The van der Waals surface area contributed by atoms with Crippen LogP contribution >= 0.6 is 0 Å². The van der Waals surface area contributed by atoms with Gasteiger partial charge in [-0.15, -0.1) is 0 Å². The molecule has 1 aliphatic carbocycles. The van der Waals surface area contributed by atoms with E-state index in [9.17, 15) is 4.39 Å². The summed E-state index contributed by atoms with van der Waals surface area (Å²) in [6.45, 7) is 1.93. The van der Waals surface area contributed by atoms with Crippen LogP contribution in [-0.2, 0) is 0 Å². The summed E-state index contributed by atoms with van der Waals surface area (Å²) in [5.74, 6) is 0.511. The van der Waals surface area contributed by atoms with Gasteiger partial charge in [-0.1, -0.05) is 36.8 Å². The Labute approximate surface area is 119 Å². The van der Waals surface area contributed by atoms with E-state index in [0.29, 0.717) is 0 Å². The molecule has 0 saturated heterocycles. The van der Waals surface area contributed by atoms with Crippen molar-refractivity contribution >= 4 is 0 Å². The lowest BCUT2D eigenvalue weighted by Crippen LogP contribution is -2.09. The van der Waals surface area contributed by atoms with Gasteiger partial charge in [-0.2, -0.15) is 0 Å². The average molecular weight is 269 g/mol. The van der Waals surface area contributed by atoms with Crippen LogP contribution in [0.25, 0.3) is 11.1 Å². The monoisotopic (exact) mass is 269 g/mol. The highest BCUT2D eigenvalue weighted by Gasteiger charge is 2.19. The van der Waals surface area contributed by atoms with Gasteiger partial charge >= 0.3 is 0 Å². The summed E-state index contributed by atoms with van der Waals surface area (Å²) in [7, 11) is 0. The summed E-state index contributed by atoms with van der Waals surface area (Å²) in [5.41, 5.74) is 10.3. The third-order valence-corrected chi connectivity index (χ3v) is 4.30.